The van der Waals surface area contributed by atoms with E-state index in [-0.39, 0.29) is 6.04 Å². The highest BCUT2D eigenvalue weighted by Crippen LogP contribution is 2.02. The smallest absolute Gasteiger partial charge is 0.138 e. The number of aryl methyl sites for hydroxylation is 1. The summed E-state index contributed by atoms with van der Waals surface area (Å²) in [5.41, 5.74) is 5.94. The second-order valence-corrected chi connectivity index (χ2v) is 3.40. The molecule has 80 valence electrons. The Morgan fingerprint density at radius 1 is 1.64 bits per heavy atom. The molecule has 0 radical (unpaired) electrons. The van der Waals surface area contributed by atoms with Crippen LogP contribution in [0.25, 0.3) is 0 Å². The van der Waals surface area contributed by atoms with Gasteiger partial charge in [-0.3, -0.25) is 4.68 Å². The number of nitrogens with zero attached hydrogens (tertiary/aromatic N) is 3. The molecule has 1 aromatic heterocycles. The van der Waals surface area contributed by atoms with E-state index in [0.29, 0.717) is 0 Å². The number of hydrogen-bond acceptors (Lipinski definition) is 4. The molecule has 1 rings (SSSR count). The van der Waals surface area contributed by atoms with Crippen molar-refractivity contribution in [3.8, 4) is 0 Å². The third kappa shape index (κ3) is 3.43. The number of nitrogens with two attached hydrogens (primary N) is 1. The number of hydrogen-bond donors (Lipinski definition) is 1. The molecule has 0 aliphatic rings. The first-order valence-corrected chi connectivity index (χ1v) is 4.81. The van der Waals surface area contributed by atoms with Crippen molar-refractivity contribution in [1.82, 2.24) is 14.8 Å². The zero-order valence-electron chi connectivity index (χ0n) is 8.81. The van der Waals surface area contributed by atoms with Gasteiger partial charge in [0.25, 0.3) is 0 Å². The van der Waals surface area contributed by atoms with Gasteiger partial charge < -0.3 is 10.5 Å². The molecule has 0 fully saturated rings. The summed E-state index contributed by atoms with van der Waals surface area (Å²) in [5, 5.41) is 3.99. The molecular weight excluding hydrogens is 180 g/mol. The van der Waals surface area contributed by atoms with Gasteiger partial charge in [0.1, 0.15) is 12.2 Å². The maximum absolute atomic E-state index is 5.94. The molecule has 0 saturated heterocycles. The van der Waals surface area contributed by atoms with E-state index in [1.165, 1.54) is 0 Å². The van der Waals surface area contributed by atoms with Gasteiger partial charge in [0, 0.05) is 33.2 Å². The van der Waals surface area contributed by atoms with Crippen LogP contribution in [0.15, 0.2) is 6.33 Å². The fraction of sp³-hybridized carbons (Fsp3) is 0.778. The van der Waals surface area contributed by atoms with E-state index in [0.717, 1.165) is 31.7 Å². The average Bonchev–Trinajstić information content (AvgIpc) is 2.52. The van der Waals surface area contributed by atoms with Crippen LogP contribution in [-0.2, 0) is 18.2 Å². The Kier molecular flexibility index (Phi) is 4.55. The van der Waals surface area contributed by atoms with Gasteiger partial charge in [-0.2, -0.15) is 5.10 Å². The molecule has 0 saturated carbocycles. The Labute approximate surface area is 84.3 Å². The molecule has 0 aliphatic heterocycles. The van der Waals surface area contributed by atoms with Gasteiger partial charge in [-0.25, -0.2) is 4.98 Å². The topological polar surface area (TPSA) is 66.0 Å². The van der Waals surface area contributed by atoms with Crippen molar-refractivity contribution < 1.29 is 4.74 Å². The third-order valence-electron chi connectivity index (χ3n) is 2.17. The summed E-state index contributed by atoms with van der Waals surface area (Å²) in [7, 11) is 3.58. The molecule has 14 heavy (non-hydrogen) atoms. The lowest BCUT2D eigenvalue weighted by Gasteiger charge is -2.09. The van der Waals surface area contributed by atoms with Gasteiger partial charge in [-0.15, -0.1) is 0 Å². The minimum Gasteiger partial charge on any atom is -0.385 e. The molecule has 5 nitrogen and oxygen atoms in total. The van der Waals surface area contributed by atoms with Crippen molar-refractivity contribution in [3.05, 3.63) is 12.2 Å². The van der Waals surface area contributed by atoms with Crippen LogP contribution >= 0.6 is 0 Å². The molecule has 1 aromatic rings. The van der Waals surface area contributed by atoms with Gasteiger partial charge in [0.15, 0.2) is 0 Å². The van der Waals surface area contributed by atoms with E-state index < -0.39 is 0 Å². The molecule has 2 N–H and O–H groups in total. The summed E-state index contributed by atoms with van der Waals surface area (Å²) >= 11 is 0. The van der Waals surface area contributed by atoms with Gasteiger partial charge >= 0.3 is 0 Å². The van der Waals surface area contributed by atoms with Crippen molar-refractivity contribution in [2.75, 3.05) is 13.7 Å². The Bertz CT molecular complexity index is 261. The lowest BCUT2D eigenvalue weighted by Crippen LogP contribution is -2.24. The molecule has 0 aromatic carbocycles. The Hall–Kier alpha value is -0.940. The highest BCUT2D eigenvalue weighted by Gasteiger charge is 2.07. The van der Waals surface area contributed by atoms with Crippen LogP contribution in [0.5, 0.6) is 0 Å². The molecule has 0 aliphatic carbocycles. The Morgan fingerprint density at radius 2 is 2.43 bits per heavy atom. The summed E-state index contributed by atoms with van der Waals surface area (Å²) in [4.78, 5) is 4.12. The minimum absolute atomic E-state index is 0.146. The van der Waals surface area contributed by atoms with Crippen molar-refractivity contribution in [1.29, 1.82) is 0 Å². The quantitative estimate of drug-likeness (QED) is 0.659. The first-order chi connectivity index (χ1) is 6.74. The van der Waals surface area contributed by atoms with Gasteiger partial charge in [-0.05, 0) is 12.8 Å². The van der Waals surface area contributed by atoms with E-state index in [2.05, 4.69) is 10.1 Å². The summed E-state index contributed by atoms with van der Waals surface area (Å²) < 4.78 is 6.72. The average molecular weight is 198 g/mol. The van der Waals surface area contributed by atoms with E-state index in [9.17, 15) is 0 Å². The zero-order chi connectivity index (χ0) is 10.4. The molecule has 1 atom stereocenters. The predicted molar refractivity (Wildman–Crippen MR) is 53.8 cm³/mol. The standard InChI is InChI=1S/C9H18N4O/c1-13-9(11-7-12-13)6-8(10)4-3-5-14-2/h7-8H,3-6,10H2,1-2H3. The Morgan fingerprint density at radius 3 is 3.00 bits per heavy atom. The van der Waals surface area contributed by atoms with E-state index in [1.54, 1.807) is 18.1 Å². The highest BCUT2D eigenvalue weighted by molar-refractivity contribution is 4.87. The molecular formula is C9H18N4O. The summed E-state index contributed by atoms with van der Waals surface area (Å²) in [6, 6.07) is 0.146. The maximum Gasteiger partial charge on any atom is 0.138 e. The van der Waals surface area contributed by atoms with E-state index in [1.807, 2.05) is 7.05 Å². The van der Waals surface area contributed by atoms with Crippen LogP contribution in [0.2, 0.25) is 0 Å². The first kappa shape index (κ1) is 11.1. The lowest BCUT2D eigenvalue weighted by atomic mass is 10.1. The Balaban J connectivity index is 2.27. The normalized spacial score (nSPS) is 13.1. The summed E-state index contributed by atoms with van der Waals surface area (Å²) in [5.74, 6) is 0.940. The monoisotopic (exact) mass is 198 g/mol. The van der Waals surface area contributed by atoms with Crippen molar-refractivity contribution in [2.45, 2.75) is 25.3 Å². The third-order valence-corrected chi connectivity index (χ3v) is 2.17. The zero-order valence-corrected chi connectivity index (χ0v) is 8.81. The SMILES string of the molecule is COCCCC(N)Cc1ncnn1C. The van der Waals surface area contributed by atoms with Crippen LogP contribution in [0.3, 0.4) is 0 Å². The first-order valence-electron chi connectivity index (χ1n) is 4.81. The van der Waals surface area contributed by atoms with Gasteiger partial charge in [0.05, 0.1) is 0 Å². The fourth-order valence-corrected chi connectivity index (χ4v) is 1.33. The van der Waals surface area contributed by atoms with Crippen LogP contribution in [-0.4, -0.2) is 34.5 Å². The van der Waals surface area contributed by atoms with Crippen LogP contribution in [0.4, 0.5) is 0 Å². The van der Waals surface area contributed by atoms with E-state index in [4.69, 9.17) is 10.5 Å². The fourth-order valence-electron chi connectivity index (χ4n) is 1.33. The summed E-state index contributed by atoms with van der Waals surface area (Å²) in [6.07, 6.45) is 4.29. The van der Waals surface area contributed by atoms with Crippen LogP contribution in [0.1, 0.15) is 18.7 Å². The largest absolute Gasteiger partial charge is 0.385 e. The van der Waals surface area contributed by atoms with Gasteiger partial charge in [-0.1, -0.05) is 0 Å². The van der Waals surface area contributed by atoms with Crippen LogP contribution in [0, 0.1) is 0 Å². The highest BCUT2D eigenvalue weighted by atomic mass is 16.5. The van der Waals surface area contributed by atoms with E-state index >= 15 is 0 Å². The minimum atomic E-state index is 0.146. The second kappa shape index (κ2) is 5.72. The number of rotatable bonds is 6. The molecule has 0 spiro atoms. The number of ether oxygens (including phenoxy) is 1. The van der Waals surface area contributed by atoms with Crippen LogP contribution < -0.4 is 5.73 Å². The van der Waals surface area contributed by atoms with Crippen molar-refractivity contribution >= 4 is 0 Å². The molecule has 5 heteroatoms. The molecule has 0 amide bonds. The number of aromatic nitrogens is 3. The lowest BCUT2D eigenvalue weighted by molar-refractivity contribution is 0.190. The van der Waals surface area contributed by atoms with Crippen molar-refractivity contribution in [2.24, 2.45) is 12.8 Å². The predicted octanol–water partition coefficient (Wildman–Crippen LogP) is 0.111. The molecule has 0 bridgehead atoms. The van der Waals surface area contributed by atoms with Gasteiger partial charge in [0.2, 0.25) is 0 Å². The summed E-state index contributed by atoms with van der Waals surface area (Å²) in [6.45, 7) is 0.770. The molecule has 1 unspecified atom stereocenters. The molecule has 1 heterocycles. The number of methoxy groups -OCH3 is 1. The van der Waals surface area contributed by atoms with Crippen molar-refractivity contribution in [3.63, 3.8) is 0 Å². The maximum atomic E-state index is 5.94. The second-order valence-electron chi connectivity index (χ2n) is 3.40.